The summed E-state index contributed by atoms with van der Waals surface area (Å²) in [6.07, 6.45) is 17.3. The zero-order valence-corrected chi connectivity index (χ0v) is 28.4. The van der Waals surface area contributed by atoms with Crippen molar-refractivity contribution in [2.24, 2.45) is 0 Å². The summed E-state index contributed by atoms with van der Waals surface area (Å²) in [6.45, 7) is 14.9. The van der Waals surface area contributed by atoms with Gasteiger partial charge in [-0.2, -0.15) is 0 Å². The Balaban J connectivity index is 1.16. The van der Waals surface area contributed by atoms with Gasteiger partial charge in [0.15, 0.2) is 24.8 Å². The Morgan fingerprint density at radius 3 is 1.09 bits per heavy atom. The summed E-state index contributed by atoms with van der Waals surface area (Å²) in [5.41, 5.74) is 7.49. The van der Waals surface area contributed by atoms with Crippen molar-refractivity contribution in [1.82, 2.24) is 0 Å². The largest absolute Gasteiger partial charge is 0.371 e. The highest BCUT2D eigenvalue weighted by molar-refractivity contribution is 8.76. The SMILES string of the molecule is CCN(CCSSCCN(CC)c1ccc(C=Cc2cc[n+](CC)cc2)cc1)c1ccc(C=Cc2cc[n+](CC)cc2)cc1. The topological polar surface area (TPSA) is 14.2 Å². The lowest BCUT2D eigenvalue weighted by molar-refractivity contribution is -0.693. The van der Waals surface area contributed by atoms with E-state index in [-0.39, 0.29) is 0 Å². The van der Waals surface area contributed by atoms with Crippen LogP contribution in [-0.2, 0) is 13.1 Å². The first-order chi connectivity index (χ1) is 21.6. The molecule has 44 heavy (non-hydrogen) atoms. The van der Waals surface area contributed by atoms with Crippen LogP contribution < -0.4 is 18.9 Å². The fraction of sp³-hybridized carbons (Fsp3) is 0.316. The van der Waals surface area contributed by atoms with Gasteiger partial charge < -0.3 is 9.80 Å². The third-order valence-electron chi connectivity index (χ3n) is 7.75. The second-order valence-corrected chi connectivity index (χ2v) is 13.3. The molecule has 0 aliphatic heterocycles. The van der Waals surface area contributed by atoms with Gasteiger partial charge in [0.1, 0.15) is 13.1 Å². The molecule has 0 N–H and O–H groups in total. The van der Waals surface area contributed by atoms with Gasteiger partial charge >= 0.3 is 0 Å². The molecule has 0 radical (unpaired) electrons. The molecule has 0 spiro atoms. The van der Waals surface area contributed by atoms with E-state index in [2.05, 4.69) is 169 Å². The summed E-state index contributed by atoms with van der Waals surface area (Å²) in [4.78, 5) is 4.94. The number of benzene rings is 2. The molecule has 0 saturated carbocycles. The smallest absolute Gasteiger partial charge is 0.169 e. The standard InChI is InChI=1S/C38H48N4S2/c1-5-39-25-21-35(22-26-39)11-9-33-13-17-37(18-14-33)41(7-3)29-31-43-44-32-30-42(8-4)38-19-15-34(16-20-38)10-12-36-23-27-40(6-2)28-24-36/h9-28H,5-8,29-32H2,1-4H3/q+2. The summed E-state index contributed by atoms with van der Waals surface area (Å²) >= 11 is 0. The Kier molecular flexibility index (Phi) is 13.9. The first-order valence-electron chi connectivity index (χ1n) is 15.9. The van der Waals surface area contributed by atoms with E-state index in [0.29, 0.717) is 0 Å². The van der Waals surface area contributed by atoms with Gasteiger partial charge in [0.2, 0.25) is 0 Å². The Morgan fingerprint density at radius 1 is 0.477 bits per heavy atom. The monoisotopic (exact) mass is 624 g/mol. The van der Waals surface area contributed by atoms with E-state index in [1.54, 1.807) is 0 Å². The van der Waals surface area contributed by atoms with Gasteiger partial charge in [-0.05, 0) is 74.2 Å². The molecule has 0 saturated heterocycles. The van der Waals surface area contributed by atoms with Crippen LogP contribution in [0.3, 0.4) is 0 Å². The quantitative estimate of drug-likeness (QED) is 0.0665. The summed E-state index contributed by atoms with van der Waals surface area (Å²) in [5, 5.41) is 0. The Bertz CT molecular complexity index is 1320. The van der Waals surface area contributed by atoms with Crippen LogP contribution in [-0.4, -0.2) is 37.7 Å². The van der Waals surface area contributed by atoms with Gasteiger partial charge in [-0.15, -0.1) is 0 Å². The van der Waals surface area contributed by atoms with Crippen LogP contribution in [0.1, 0.15) is 49.9 Å². The van der Waals surface area contributed by atoms with Crippen molar-refractivity contribution in [2.45, 2.75) is 40.8 Å². The molecule has 2 heterocycles. The molecule has 0 bridgehead atoms. The van der Waals surface area contributed by atoms with Crippen molar-refractivity contribution in [3.8, 4) is 0 Å². The van der Waals surface area contributed by atoms with Gasteiger partial charge in [0.25, 0.3) is 0 Å². The van der Waals surface area contributed by atoms with Crippen molar-refractivity contribution in [1.29, 1.82) is 0 Å². The molecular weight excluding hydrogens is 577 g/mol. The molecule has 6 heteroatoms. The predicted octanol–water partition coefficient (Wildman–Crippen LogP) is 8.38. The van der Waals surface area contributed by atoms with E-state index in [4.69, 9.17) is 0 Å². The van der Waals surface area contributed by atoms with Crippen LogP contribution in [0.5, 0.6) is 0 Å². The minimum Gasteiger partial charge on any atom is -0.371 e. The Hall–Kier alpha value is -3.48. The summed E-state index contributed by atoms with van der Waals surface area (Å²) in [5.74, 6) is 2.22. The highest BCUT2D eigenvalue weighted by Crippen LogP contribution is 2.24. The summed E-state index contributed by atoms with van der Waals surface area (Å²) < 4.78 is 4.35. The van der Waals surface area contributed by atoms with Gasteiger partial charge in [-0.25, -0.2) is 9.13 Å². The molecule has 4 rings (SSSR count). The molecule has 0 fully saturated rings. The van der Waals surface area contributed by atoms with E-state index in [1.165, 1.54) is 33.6 Å². The maximum Gasteiger partial charge on any atom is 0.169 e. The number of aromatic nitrogens is 2. The molecule has 2 aromatic carbocycles. The van der Waals surface area contributed by atoms with Crippen LogP contribution in [0, 0.1) is 0 Å². The normalized spacial score (nSPS) is 11.5. The van der Waals surface area contributed by atoms with Crippen molar-refractivity contribution in [3.63, 3.8) is 0 Å². The molecule has 0 aliphatic carbocycles. The van der Waals surface area contributed by atoms with Crippen LogP contribution in [0.4, 0.5) is 11.4 Å². The third kappa shape index (κ3) is 10.6. The number of nitrogens with zero attached hydrogens (tertiary/aromatic N) is 4. The van der Waals surface area contributed by atoms with E-state index in [9.17, 15) is 0 Å². The molecule has 230 valence electrons. The second kappa shape index (κ2) is 18.4. The Morgan fingerprint density at radius 2 is 0.795 bits per heavy atom. The zero-order valence-electron chi connectivity index (χ0n) is 26.8. The lowest BCUT2D eigenvalue weighted by Gasteiger charge is -2.24. The minimum atomic E-state index is 0.997. The second-order valence-electron chi connectivity index (χ2n) is 10.6. The van der Waals surface area contributed by atoms with Crippen molar-refractivity contribution < 1.29 is 9.13 Å². The molecule has 4 aromatic rings. The van der Waals surface area contributed by atoms with E-state index in [1.807, 2.05) is 21.6 Å². The van der Waals surface area contributed by atoms with Crippen molar-refractivity contribution in [2.75, 3.05) is 47.5 Å². The predicted molar refractivity (Wildman–Crippen MR) is 196 cm³/mol. The van der Waals surface area contributed by atoms with Gasteiger partial charge in [-0.3, -0.25) is 0 Å². The first-order valence-corrected chi connectivity index (χ1v) is 18.4. The van der Waals surface area contributed by atoms with E-state index < -0.39 is 0 Å². The molecule has 4 nitrogen and oxygen atoms in total. The first kappa shape index (κ1) is 33.4. The third-order valence-corrected chi connectivity index (χ3v) is 10.1. The van der Waals surface area contributed by atoms with E-state index in [0.717, 1.165) is 50.8 Å². The maximum absolute atomic E-state index is 2.47. The molecule has 0 unspecified atom stereocenters. The fourth-order valence-corrected chi connectivity index (χ4v) is 6.89. The fourth-order valence-electron chi connectivity index (χ4n) is 4.91. The Labute approximate surface area is 273 Å². The zero-order chi connectivity index (χ0) is 31.0. The van der Waals surface area contributed by atoms with Crippen LogP contribution in [0.2, 0.25) is 0 Å². The average molecular weight is 625 g/mol. The minimum absolute atomic E-state index is 0.997. The van der Waals surface area contributed by atoms with Crippen LogP contribution in [0.25, 0.3) is 24.3 Å². The maximum atomic E-state index is 2.47. The highest BCUT2D eigenvalue weighted by atomic mass is 33.1. The van der Waals surface area contributed by atoms with Crippen molar-refractivity contribution >= 4 is 57.3 Å². The number of anilines is 2. The molecule has 0 amide bonds. The summed E-state index contributed by atoms with van der Waals surface area (Å²) in [6, 6.07) is 26.5. The lowest BCUT2D eigenvalue weighted by Crippen LogP contribution is -2.30. The number of pyridine rings is 2. The molecule has 0 aliphatic rings. The number of hydrogen-bond acceptors (Lipinski definition) is 4. The van der Waals surface area contributed by atoms with Gasteiger partial charge in [0.05, 0.1) is 0 Å². The van der Waals surface area contributed by atoms with Crippen LogP contribution in [0.15, 0.2) is 97.6 Å². The van der Waals surface area contributed by atoms with Crippen LogP contribution >= 0.6 is 21.6 Å². The highest BCUT2D eigenvalue weighted by Gasteiger charge is 2.07. The number of rotatable bonds is 17. The van der Waals surface area contributed by atoms with E-state index >= 15 is 0 Å². The molecular formula is C38H48N4S2+2. The molecule has 0 atom stereocenters. The van der Waals surface area contributed by atoms with Gasteiger partial charge in [0, 0.05) is 73.3 Å². The number of aryl methyl sites for hydroxylation is 2. The summed E-state index contributed by atoms with van der Waals surface area (Å²) in [7, 11) is 3.97. The van der Waals surface area contributed by atoms with Gasteiger partial charge in [-0.1, -0.05) is 70.2 Å². The lowest BCUT2D eigenvalue weighted by atomic mass is 10.1. The molecule has 2 aromatic heterocycles. The average Bonchev–Trinajstić information content (AvgIpc) is 3.09. The number of hydrogen-bond donors (Lipinski definition) is 0. The van der Waals surface area contributed by atoms with Crippen molar-refractivity contribution in [3.05, 3.63) is 120 Å².